The molecule has 0 radical (unpaired) electrons. The topological polar surface area (TPSA) is 146 Å². The Kier molecular flexibility index (Phi) is 5.35. The molecule has 29 heavy (non-hydrogen) atoms. The fourth-order valence-corrected chi connectivity index (χ4v) is 5.56. The first kappa shape index (κ1) is 20.0. The Bertz CT molecular complexity index is 992. The van der Waals surface area contributed by atoms with E-state index in [1.54, 1.807) is 36.4 Å². The van der Waals surface area contributed by atoms with E-state index in [0.29, 0.717) is 15.9 Å². The summed E-state index contributed by atoms with van der Waals surface area (Å²) in [6, 6.07) is 18.4. The van der Waals surface area contributed by atoms with E-state index >= 15 is 0 Å². The third kappa shape index (κ3) is 3.81. The molecule has 3 rings (SSSR count). The van der Waals surface area contributed by atoms with Gasteiger partial charge in [0.25, 0.3) is 0 Å². The van der Waals surface area contributed by atoms with Gasteiger partial charge in [0.15, 0.2) is 7.14 Å². The normalized spacial score (nSPS) is 11.0. The molecule has 0 bridgehead atoms. The van der Waals surface area contributed by atoms with Gasteiger partial charge in [-0.05, 0) is 36.4 Å². The van der Waals surface area contributed by atoms with Crippen molar-refractivity contribution in [3.8, 4) is 0 Å². The Morgan fingerprint density at radius 2 is 0.690 bits per heavy atom. The Hall–Kier alpha value is -3.70. The summed E-state index contributed by atoms with van der Waals surface area (Å²) in [5.74, 6) is -1.78. The lowest BCUT2D eigenvalue weighted by molar-refractivity contribution is 0.0992. The summed E-state index contributed by atoms with van der Waals surface area (Å²) in [7, 11) is -3.38. The smallest absolute Gasteiger partial charge is 0.248 e. The second-order valence-electron chi connectivity index (χ2n) is 6.34. The van der Waals surface area contributed by atoms with Crippen molar-refractivity contribution in [3.05, 3.63) is 89.5 Å². The van der Waals surface area contributed by atoms with Crippen LogP contribution in [0.1, 0.15) is 31.1 Å². The van der Waals surface area contributed by atoms with Crippen molar-refractivity contribution >= 4 is 40.8 Å². The number of primary amides is 3. The highest BCUT2D eigenvalue weighted by atomic mass is 31.2. The maximum Gasteiger partial charge on any atom is 0.248 e. The van der Waals surface area contributed by atoms with E-state index in [-0.39, 0.29) is 16.7 Å². The van der Waals surface area contributed by atoms with Crippen LogP contribution in [-0.4, -0.2) is 17.7 Å². The van der Waals surface area contributed by atoms with E-state index in [4.69, 9.17) is 17.2 Å². The molecule has 0 heterocycles. The fraction of sp³-hybridized carbons (Fsp3) is 0. The molecule has 0 aromatic heterocycles. The summed E-state index contributed by atoms with van der Waals surface area (Å²) in [6.07, 6.45) is 0. The van der Waals surface area contributed by atoms with Crippen molar-refractivity contribution in [2.75, 3.05) is 0 Å². The van der Waals surface area contributed by atoms with Gasteiger partial charge >= 0.3 is 0 Å². The average molecular weight is 407 g/mol. The average Bonchev–Trinajstić information content (AvgIpc) is 2.73. The number of rotatable bonds is 6. The zero-order valence-electron chi connectivity index (χ0n) is 15.2. The quantitative estimate of drug-likeness (QED) is 0.514. The summed E-state index contributed by atoms with van der Waals surface area (Å²) in [5, 5.41) is 1.38. The second-order valence-corrected chi connectivity index (χ2v) is 9.11. The molecule has 0 aliphatic rings. The lowest BCUT2D eigenvalue weighted by Gasteiger charge is -2.20. The number of carbonyl (C=O) groups excluding carboxylic acids is 3. The van der Waals surface area contributed by atoms with Crippen molar-refractivity contribution in [3.63, 3.8) is 0 Å². The second kappa shape index (κ2) is 7.73. The van der Waals surface area contributed by atoms with Crippen molar-refractivity contribution in [2.45, 2.75) is 0 Å². The molecule has 0 saturated heterocycles. The minimum Gasteiger partial charge on any atom is -0.366 e. The first-order valence-electron chi connectivity index (χ1n) is 8.55. The Labute approximate surface area is 166 Å². The third-order valence-corrected chi connectivity index (χ3v) is 7.62. The summed E-state index contributed by atoms with van der Waals surface area (Å²) in [5.41, 5.74) is 16.7. The molecule has 8 heteroatoms. The van der Waals surface area contributed by atoms with Crippen LogP contribution in [0.2, 0.25) is 0 Å². The minimum atomic E-state index is -3.38. The molecular weight excluding hydrogens is 389 g/mol. The Balaban J connectivity index is 2.19. The van der Waals surface area contributed by atoms with Crippen LogP contribution in [-0.2, 0) is 4.57 Å². The van der Waals surface area contributed by atoms with Crippen LogP contribution in [0.25, 0.3) is 0 Å². The largest absolute Gasteiger partial charge is 0.366 e. The third-order valence-electron chi connectivity index (χ3n) is 4.55. The molecule has 146 valence electrons. The van der Waals surface area contributed by atoms with E-state index in [1.165, 1.54) is 36.4 Å². The van der Waals surface area contributed by atoms with Gasteiger partial charge in [-0.3, -0.25) is 14.4 Å². The van der Waals surface area contributed by atoms with Gasteiger partial charge in [-0.1, -0.05) is 36.4 Å². The molecule has 0 unspecified atom stereocenters. The van der Waals surface area contributed by atoms with Gasteiger partial charge < -0.3 is 21.8 Å². The number of amides is 3. The van der Waals surface area contributed by atoms with Crippen molar-refractivity contribution in [2.24, 2.45) is 17.2 Å². The minimum absolute atomic E-state index is 0.286. The summed E-state index contributed by atoms with van der Waals surface area (Å²) in [4.78, 5) is 34.1. The van der Waals surface area contributed by atoms with Crippen molar-refractivity contribution in [1.82, 2.24) is 0 Å². The first-order chi connectivity index (χ1) is 13.7. The van der Waals surface area contributed by atoms with Crippen LogP contribution in [0.15, 0.2) is 72.8 Å². The SMILES string of the molecule is NC(=O)c1ccc(P(=O)(c2ccc(C(N)=O)cc2)c2ccc(C(N)=O)cc2)cc1. The van der Waals surface area contributed by atoms with Crippen LogP contribution in [0.5, 0.6) is 0 Å². The van der Waals surface area contributed by atoms with E-state index < -0.39 is 24.9 Å². The molecule has 3 amide bonds. The zero-order chi connectivity index (χ0) is 21.2. The number of nitrogens with two attached hydrogens (primary N) is 3. The standard InChI is InChI=1S/C21H18N3O4P/c22-19(25)13-1-7-16(8-2-13)29(28,17-9-3-14(4-10-17)20(23)26)18-11-5-15(6-12-18)21(24)27/h1-12H,(H2,22,25)(H2,23,26)(H2,24,27). The van der Waals surface area contributed by atoms with Gasteiger partial charge in [-0.15, -0.1) is 0 Å². The highest BCUT2D eigenvalue weighted by molar-refractivity contribution is 7.85. The maximum absolute atomic E-state index is 14.3. The highest BCUT2D eigenvalue weighted by Crippen LogP contribution is 2.42. The predicted molar refractivity (Wildman–Crippen MR) is 111 cm³/mol. The van der Waals surface area contributed by atoms with Crippen LogP contribution < -0.4 is 33.1 Å². The molecule has 3 aromatic rings. The monoisotopic (exact) mass is 407 g/mol. The number of hydrogen-bond acceptors (Lipinski definition) is 4. The van der Waals surface area contributed by atoms with Crippen LogP contribution >= 0.6 is 7.14 Å². The van der Waals surface area contributed by atoms with Gasteiger partial charge in [-0.2, -0.15) is 0 Å². The number of carbonyl (C=O) groups is 3. The lowest BCUT2D eigenvalue weighted by atomic mass is 10.2. The molecule has 0 fully saturated rings. The van der Waals surface area contributed by atoms with Gasteiger partial charge in [0.05, 0.1) is 0 Å². The summed E-state index contributed by atoms with van der Waals surface area (Å²) >= 11 is 0. The van der Waals surface area contributed by atoms with Gasteiger partial charge in [-0.25, -0.2) is 0 Å². The Morgan fingerprint density at radius 1 is 0.483 bits per heavy atom. The fourth-order valence-electron chi connectivity index (χ4n) is 2.95. The van der Waals surface area contributed by atoms with Gasteiger partial charge in [0.2, 0.25) is 17.7 Å². The van der Waals surface area contributed by atoms with Crippen LogP contribution in [0.4, 0.5) is 0 Å². The van der Waals surface area contributed by atoms with Gasteiger partial charge in [0, 0.05) is 32.6 Å². The molecular formula is C21H18N3O4P. The van der Waals surface area contributed by atoms with E-state index in [0.717, 1.165) is 0 Å². The maximum atomic E-state index is 14.3. The van der Waals surface area contributed by atoms with E-state index in [2.05, 4.69) is 0 Å². The number of benzene rings is 3. The molecule has 0 spiro atoms. The van der Waals surface area contributed by atoms with Crippen LogP contribution in [0.3, 0.4) is 0 Å². The predicted octanol–water partition coefficient (Wildman–Crippen LogP) is 0.623. The molecule has 7 nitrogen and oxygen atoms in total. The zero-order valence-corrected chi connectivity index (χ0v) is 16.1. The molecule has 0 aliphatic heterocycles. The first-order valence-corrected chi connectivity index (χ1v) is 10.3. The summed E-state index contributed by atoms with van der Waals surface area (Å²) < 4.78 is 14.3. The molecule has 3 aromatic carbocycles. The molecule has 0 atom stereocenters. The lowest BCUT2D eigenvalue weighted by Crippen LogP contribution is -2.26. The Morgan fingerprint density at radius 3 is 0.862 bits per heavy atom. The molecule has 6 N–H and O–H groups in total. The molecule has 0 aliphatic carbocycles. The van der Waals surface area contributed by atoms with Gasteiger partial charge in [0.1, 0.15) is 0 Å². The molecule has 0 saturated carbocycles. The van der Waals surface area contributed by atoms with Crippen molar-refractivity contribution < 1.29 is 18.9 Å². The van der Waals surface area contributed by atoms with E-state index in [9.17, 15) is 18.9 Å². The number of hydrogen-bond donors (Lipinski definition) is 3. The summed E-state index contributed by atoms with van der Waals surface area (Å²) in [6.45, 7) is 0. The highest BCUT2D eigenvalue weighted by Gasteiger charge is 2.30. The van der Waals surface area contributed by atoms with E-state index in [1.807, 2.05) is 0 Å². The van der Waals surface area contributed by atoms with Crippen LogP contribution in [0, 0.1) is 0 Å². The van der Waals surface area contributed by atoms with Crippen molar-refractivity contribution in [1.29, 1.82) is 0 Å².